The third kappa shape index (κ3) is 5.02. The summed E-state index contributed by atoms with van der Waals surface area (Å²) in [6.07, 6.45) is -0.0899. The number of carbonyl (C=O) groups is 2. The van der Waals surface area contributed by atoms with E-state index in [0.29, 0.717) is 15.2 Å². The maximum absolute atomic E-state index is 12.2. The summed E-state index contributed by atoms with van der Waals surface area (Å²) >= 11 is 9.14. The minimum Gasteiger partial charge on any atom is -0.481 e. The summed E-state index contributed by atoms with van der Waals surface area (Å²) in [6, 6.07) is 4.58. The van der Waals surface area contributed by atoms with Crippen LogP contribution < -0.4 is 5.32 Å². The number of carbonyl (C=O) groups excluding carboxylic acids is 1. The Bertz CT molecular complexity index is 508. The lowest BCUT2D eigenvalue weighted by Crippen LogP contribution is -2.41. The van der Waals surface area contributed by atoms with Gasteiger partial charge in [-0.25, -0.2) is 4.79 Å². The molecule has 0 saturated heterocycles. The molecule has 0 aliphatic carbocycles. The number of nitrogens with one attached hydrogen (secondary N) is 1. The van der Waals surface area contributed by atoms with Crippen LogP contribution in [0.5, 0.6) is 0 Å². The number of hydrogen-bond acceptors (Lipinski definition) is 2. The van der Waals surface area contributed by atoms with Crippen molar-refractivity contribution in [1.29, 1.82) is 0 Å². The number of rotatable bonds is 5. The van der Waals surface area contributed by atoms with Gasteiger partial charge in [0.25, 0.3) is 0 Å². The van der Waals surface area contributed by atoms with E-state index < -0.39 is 5.97 Å². The zero-order chi connectivity index (χ0) is 15.3. The summed E-state index contributed by atoms with van der Waals surface area (Å²) in [5.41, 5.74) is 0.584. The number of nitrogens with zero attached hydrogens (tertiary/aromatic N) is 1. The standard InChI is InChI=1S/C13H16BrClN2O3/c1-8(2)17(6-5-12(18)19)13(20)16-11-4-3-9(15)7-10(11)14/h3-4,7-8H,5-6H2,1-2H3,(H,16,20)(H,18,19). The van der Waals surface area contributed by atoms with E-state index in [1.165, 1.54) is 4.90 Å². The lowest BCUT2D eigenvalue weighted by atomic mass is 10.3. The van der Waals surface area contributed by atoms with Gasteiger partial charge in [0, 0.05) is 22.1 Å². The molecule has 0 unspecified atom stereocenters. The van der Waals surface area contributed by atoms with Gasteiger partial charge in [0.15, 0.2) is 0 Å². The highest BCUT2D eigenvalue weighted by Crippen LogP contribution is 2.26. The van der Waals surface area contributed by atoms with Crippen LogP contribution in [-0.2, 0) is 4.79 Å². The molecular weight excluding hydrogens is 348 g/mol. The monoisotopic (exact) mass is 362 g/mol. The number of halogens is 2. The Morgan fingerprint density at radius 3 is 2.60 bits per heavy atom. The second kappa shape index (κ2) is 7.50. The van der Waals surface area contributed by atoms with Crippen LogP contribution in [0.15, 0.2) is 22.7 Å². The minimum atomic E-state index is -0.934. The highest BCUT2D eigenvalue weighted by atomic mass is 79.9. The second-order valence-electron chi connectivity index (χ2n) is 4.49. The fraction of sp³-hybridized carbons (Fsp3) is 0.385. The molecule has 7 heteroatoms. The van der Waals surface area contributed by atoms with Gasteiger partial charge in [-0.1, -0.05) is 11.6 Å². The van der Waals surface area contributed by atoms with Crippen molar-refractivity contribution in [2.75, 3.05) is 11.9 Å². The predicted octanol–water partition coefficient (Wildman–Crippen LogP) is 3.82. The maximum Gasteiger partial charge on any atom is 0.322 e. The SMILES string of the molecule is CC(C)N(CCC(=O)O)C(=O)Nc1ccc(Cl)cc1Br. The quantitative estimate of drug-likeness (QED) is 0.835. The Morgan fingerprint density at radius 1 is 1.45 bits per heavy atom. The van der Waals surface area contributed by atoms with E-state index in [9.17, 15) is 9.59 Å². The number of amides is 2. The number of anilines is 1. The molecule has 110 valence electrons. The molecule has 0 fully saturated rings. The highest BCUT2D eigenvalue weighted by Gasteiger charge is 2.18. The van der Waals surface area contributed by atoms with Gasteiger partial charge in [-0.15, -0.1) is 0 Å². The normalized spacial score (nSPS) is 10.4. The fourth-order valence-electron chi connectivity index (χ4n) is 1.59. The summed E-state index contributed by atoms with van der Waals surface area (Å²) < 4.78 is 0.667. The van der Waals surface area contributed by atoms with Crippen LogP contribution in [0.1, 0.15) is 20.3 Å². The van der Waals surface area contributed by atoms with E-state index in [4.69, 9.17) is 16.7 Å². The molecule has 1 aromatic rings. The number of carboxylic acid groups (broad SMARTS) is 1. The van der Waals surface area contributed by atoms with Crippen molar-refractivity contribution in [3.8, 4) is 0 Å². The van der Waals surface area contributed by atoms with Gasteiger partial charge in [0.2, 0.25) is 0 Å². The zero-order valence-corrected chi connectivity index (χ0v) is 13.5. The smallest absolute Gasteiger partial charge is 0.322 e. The van der Waals surface area contributed by atoms with Gasteiger partial charge in [0.1, 0.15) is 0 Å². The molecule has 2 N–H and O–H groups in total. The van der Waals surface area contributed by atoms with Gasteiger partial charge in [-0.3, -0.25) is 4.79 Å². The van der Waals surface area contributed by atoms with Gasteiger partial charge >= 0.3 is 12.0 Å². The van der Waals surface area contributed by atoms with Crippen molar-refractivity contribution in [1.82, 2.24) is 4.90 Å². The lowest BCUT2D eigenvalue weighted by Gasteiger charge is -2.26. The van der Waals surface area contributed by atoms with Crippen LogP contribution in [0.25, 0.3) is 0 Å². The lowest BCUT2D eigenvalue weighted by molar-refractivity contribution is -0.137. The van der Waals surface area contributed by atoms with Crippen LogP contribution in [0.3, 0.4) is 0 Å². The number of benzene rings is 1. The average Bonchev–Trinajstić information content (AvgIpc) is 2.32. The first-order valence-corrected chi connectivity index (χ1v) is 7.23. The molecule has 5 nitrogen and oxygen atoms in total. The Kier molecular flexibility index (Phi) is 6.29. The van der Waals surface area contributed by atoms with E-state index in [1.54, 1.807) is 18.2 Å². The molecule has 1 rings (SSSR count). The Balaban J connectivity index is 2.77. The van der Waals surface area contributed by atoms with Crippen LogP contribution in [0.2, 0.25) is 5.02 Å². The molecule has 20 heavy (non-hydrogen) atoms. The third-order valence-corrected chi connectivity index (χ3v) is 3.51. The minimum absolute atomic E-state index is 0.0899. The van der Waals surface area contributed by atoms with Gasteiger partial charge in [-0.2, -0.15) is 0 Å². The summed E-state index contributed by atoms with van der Waals surface area (Å²) in [7, 11) is 0. The molecule has 0 spiro atoms. The molecule has 1 aromatic carbocycles. The Hall–Kier alpha value is -1.27. The van der Waals surface area contributed by atoms with E-state index in [1.807, 2.05) is 13.8 Å². The van der Waals surface area contributed by atoms with Crippen molar-refractivity contribution < 1.29 is 14.7 Å². The molecule has 0 radical (unpaired) electrons. The van der Waals surface area contributed by atoms with Crippen molar-refractivity contribution in [3.05, 3.63) is 27.7 Å². The maximum atomic E-state index is 12.2. The molecular formula is C13H16BrClN2O3. The molecule has 0 heterocycles. The number of aliphatic carboxylic acids is 1. The van der Waals surface area contributed by atoms with Crippen molar-refractivity contribution >= 4 is 45.2 Å². The Labute approximate surface area is 131 Å². The first-order valence-electron chi connectivity index (χ1n) is 6.05. The van der Waals surface area contributed by atoms with Gasteiger partial charge in [-0.05, 0) is 48.0 Å². The highest BCUT2D eigenvalue weighted by molar-refractivity contribution is 9.10. The van der Waals surface area contributed by atoms with Crippen LogP contribution in [0, 0.1) is 0 Å². The average molecular weight is 364 g/mol. The molecule has 2 amide bonds. The van der Waals surface area contributed by atoms with Crippen molar-refractivity contribution in [2.24, 2.45) is 0 Å². The van der Waals surface area contributed by atoms with Crippen LogP contribution in [0.4, 0.5) is 10.5 Å². The summed E-state index contributed by atoms with van der Waals surface area (Å²) in [6.45, 7) is 3.82. The van der Waals surface area contributed by atoms with E-state index in [-0.39, 0.29) is 25.0 Å². The number of carboxylic acids is 1. The first kappa shape index (κ1) is 16.8. The zero-order valence-electron chi connectivity index (χ0n) is 11.2. The van der Waals surface area contributed by atoms with E-state index in [2.05, 4.69) is 21.2 Å². The van der Waals surface area contributed by atoms with E-state index >= 15 is 0 Å². The van der Waals surface area contributed by atoms with Crippen molar-refractivity contribution in [3.63, 3.8) is 0 Å². The van der Waals surface area contributed by atoms with Crippen LogP contribution >= 0.6 is 27.5 Å². The fourth-order valence-corrected chi connectivity index (χ4v) is 2.37. The van der Waals surface area contributed by atoms with Gasteiger partial charge in [0.05, 0.1) is 12.1 Å². The summed E-state index contributed by atoms with van der Waals surface area (Å²) in [4.78, 5) is 24.3. The summed E-state index contributed by atoms with van der Waals surface area (Å²) in [5, 5.41) is 12.0. The van der Waals surface area contributed by atoms with Crippen LogP contribution in [-0.4, -0.2) is 34.6 Å². The molecule has 0 bridgehead atoms. The molecule has 0 atom stereocenters. The second-order valence-corrected chi connectivity index (χ2v) is 5.78. The number of hydrogen-bond donors (Lipinski definition) is 2. The van der Waals surface area contributed by atoms with Gasteiger partial charge < -0.3 is 15.3 Å². The van der Waals surface area contributed by atoms with Crippen molar-refractivity contribution in [2.45, 2.75) is 26.3 Å². The summed E-state index contributed by atoms with van der Waals surface area (Å²) in [5.74, 6) is -0.934. The molecule has 0 aliphatic heterocycles. The number of urea groups is 1. The van der Waals surface area contributed by atoms with E-state index in [0.717, 1.165) is 0 Å². The molecule has 0 aliphatic rings. The molecule has 0 saturated carbocycles. The third-order valence-electron chi connectivity index (χ3n) is 2.62. The largest absolute Gasteiger partial charge is 0.481 e. The Morgan fingerprint density at radius 2 is 2.10 bits per heavy atom. The molecule has 0 aromatic heterocycles. The first-order chi connectivity index (χ1) is 9.31. The predicted molar refractivity (Wildman–Crippen MR) is 82.3 cm³/mol. The topological polar surface area (TPSA) is 69.6 Å².